The highest BCUT2D eigenvalue weighted by Crippen LogP contribution is 2.36. The maximum atomic E-state index is 12.5. The van der Waals surface area contributed by atoms with Crippen molar-refractivity contribution in [3.63, 3.8) is 0 Å². The fourth-order valence-corrected chi connectivity index (χ4v) is 4.15. The van der Waals surface area contributed by atoms with Crippen LogP contribution in [0.5, 0.6) is 5.75 Å². The van der Waals surface area contributed by atoms with Crippen molar-refractivity contribution >= 4 is 39.2 Å². The van der Waals surface area contributed by atoms with Gasteiger partial charge >= 0.3 is 0 Å². The Balaban J connectivity index is 2.06. The van der Waals surface area contributed by atoms with Crippen molar-refractivity contribution in [3.8, 4) is 5.75 Å². The molecule has 1 aliphatic carbocycles. The number of methoxy groups -OCH3 is 1. The number of hydrogen-bond donors (Lipinski definition) is 1. The quantitative estimate of drug-likeness (QED) is 0.732. The fourth-order valence-electron chi connectivity index (χ4n) is 3.80. The van der Waals surface area contributed by atoms with Gasteiger partial charge in [-0.1, -0.05) is 36.5 Å². The molecule has 0 bridgehead atoms. The number of rotatable bonds is 5. The van der Waals surface area contributed by atoms with Crippen molar-refractivity contribution in [3.05, 3.63) is 48.0 Å². The van der Waals surface area contributed by atoms with E-state index in [1.807, 2.05) is 18.2 Å². The monoisotopic (exact) mass is 381 g/mol. The number of allylic oxidation sites excluding steroid dienone is 2. The lowest BCUT2D eigenvalue weighted by Crippen LogP contribution is -2.15. The molecule has 0 aromatic heterocycles. The summed E-state index contributed by atoms with van der Waals surface area (Å²) in [6.45, 7) is 0.663. The first-order valence-electron chi connectivity index (χ1n) is 9.65. The minimum atomic E-state index is 0.169. The summed E-state index contributed by atoms with van der Waals surface area (Å²) in [5, 5.41) is 2.27. The number of thiocarbonyl (C=S) groups is 1. The standard InChI is InChI=1S/C23H27NO2S/c1-26-22-15-17-7-3-2-6-16(17)14-21(22)19-12-18(8-5-11-24)23(27)10-4-9-20(25)13-19/h2-3,6-7,13-15,18H,4-5,8-12,24H2,1H3. The van der Waals surface area contributed by atoms with E-state index in [1.54, 1.807) is 7.11 Å². The zero-order valence-electron chi connectivity index (χ0n) is 15.9. The molecule has 3 nitrogen and oxygen atoms in total. The highest BCUT2D eigenvalue weighted by atomic mass is 32.1. The fraction of sp³-hybridized carbons (Fsp3) is 0.391. The van der Waals surface area contributed by atoms with Crippen LogP contribution in [-0.2, 0) is 4.79 Å². The summed E-state index contributed by atoms with van der Waals surface area (Å²) < 4.78 is 5.68. The lowest BCUT2D eigenvalue weighted by atomic mass is 9.87. The van der Waals surface area contributed by atoms with Gasteiger partial charge in [0.05, 0.1) is 7.11 Å². The van der Waals surface area contributed by atoms with Gasteiger partial charge in [-0.25, -0.2) is 0 Å². The van der Waals surface area contributed by atoms with Crippen LogP contribution in [-0.4, -0.2) is 24.3 Å². The van der Waals surface area contributed by atoms with Gasteiger partial charge in [0.25, 0.3) is 0 Å². The second-order valence-corrected chi connectivity index (χ2v) is 7.71. The molecule has 2 aromatic rings. The smallest absolute Gasteiger partial charge is 0.155 e. The van der Waals surface area contributed by atoms with Gasteiger partial charge in [-0.2, -0.15) is 0 Å². The van der Waals surface area contributed by atoms with E-state index in [2.05, 4.69) is 24.3 Å². The zero-order chi connectivity index (χ0) is 19.2. The largest absolute Gasteiger partial charge is 0.496 e. The third-order valence-electron chi connectivity index (χ3n) is 5.27. The SMILES string of the molecule is COc1cc2ccccc2cc1C1=CC(=O)CCCC(=S)C(CCCN)C1. The number of carbonyl (C=O) groups is 1. The molecule has 142 valence electrons. The molecule has 0 saturated heterocycles. The lowest BCUT2D eigenvalue weighted by Gasteiger charge is -2.21. The molecule has 1 unspecified atom stereocenters. The molecule has 0 radical (unpaired) electrons. The van der Waals surface area contributed by atoms with Crippen LogP contribution in [0.15, 0.2) is 42.5 Å². The second kappa shape index (κ2) is 9.25. The van der Waals surface area contributed by atoms with Crippen LogP contribution in [0, 0.1) is 5.92 Å². The maximum absolute atomic E-state index is 12.5. The average Bonchev–Trinajstić information content (AvgIpc) is 2.74. The van der Waals surface area contributed by atoms with Crippen molar-refractivity contribution in [2.24, 2.45) is 11.7 Å². The number of benzene rings is 2. The predicted octanol–water partition coefficient (Wildman–Crippen LogP) is 5.10. The van der Waals surface area contributed by atoms with E-state index in [0.717, 1.165) is 64.6 Å². The van der Waals surface area contributed by atoms with E-state index in [0.29, 0.717) is 13.0 Å². The molecule has 2 N–H and O–H groups in total. The summed E-state index contributed by atoms with van der Waals surface area (Å²) in [6.07, 6.45) is 6.71. The highest BCUT2D eigenvalue weighted by molar-refractivity contribution is 7.80. The molecule has 0 saturated carbocycles. The van der Waals surface area contributed by atoms with Crippen LogP contribution < -0.4 is 10.5 Å². The van der Waals surface area contributed by atoms with Gasteiger partial charge in [-0.15, -0.1) is 0 Å². The van der Waals surface area contributed by atoms with E-state index < -0.39 is 0 Å². The van der Waals surface area contributed by atoms with Crippen LogP contribution in [0.25, 0.3) is 16.3 Å². The third kappa shape index (κ3) is 4.82. The topological polar surface area (TPSA) is 52.3 Å². The van der Waals surface area contributed by atoms with E-state index in [9.17, 15) is 4.79 Å². The number of hydrogen-bond acceptors (Lipinski definition) is 4. The minimum absolute atomic E-state index is 0.169. The number of carbonyl (C=O) groups excluding carboxylic acids is 1. The van der Waals surface area contributed by atoms with Gasteiger partial charge in [0, 0.05) is 12.0 Å². The van der Waals surface area contributed by atoms with Gasteiger partial charge in [-0.3, -0.25) is 4.79 Å². The van der Waals surface area contributed by atoms with Crippen molar-refractivity contribution < 1.29 is 9.53 Å². The number of nitrogens with two attached hydrogens (primary N) is 1. The van der Waals surface area contributed by atoms with Crippen molar-refractivity contribution in [2.45, 2.75) is 38.5 Å². The van der Waals surface area contributed by atoms with Crippen LogP contribution in [0.3, 0.4) is 0 Å². The molecule has 0 fully saturated rings. The first-order chi connectivity index (χ1) is 13.1. The molecule has 1 aliphatic rings. The Labute approximate surface area is 166 Å². The second-order valence-electron chi connectivity index (χ2n) is 7.19. The van der Waals surface area contributed by atoms with Crippen molar-refractivity contribution in [2.75, 3.05) is 13.7 Å². The highest BCUT2D eigenvalue weighted by Gasteiger charge is 2.22. The van der Waals surface area contributed by atoms with Crippen LogP contribution in [0.2, 0.25) is 0 Å². The first-order valence-corrected chi connectivity index (χ1v) is 10.1. The van der Waals surface area contributed by atoms with Gasteiger partial charge in [0.2, 0.25) is 0 Å². The normalized spacial score (nSPS) is 18.6. The summed E-state index contributed by atoms with van der Waals surface area (Å²) >= 11 is 5.72. The molecule has 0 amide bonds. The minimum Gasteiger partial charge on any atom is -0.496 e. The van der Waals surface area contributed by atoms with Gasteiger partial charge < -0.3 is 10.5 Å². The Morgan fingerprint density at radius 1 is 1.19 bits per heavy atom. The van der Waals surface area contributed by atoms with E-state index in [-0.39, 0.29) is 11.7 Å². The summed E-state index contributed by atoms with van der Waals surface area (Å²) in [7, 11) is 1.68. The van der Waals surface area contributed by atoms with Crippen LogP contribution in [0.1, 0.15) is 44.1 Å². The molecule has 2 aromatic carbocycles. The summed E-state index contributed by atoms with van der Waals surface area (Å²) in [5.74, 6) is 1.25. The zero-order valence-corrected chi connectivity index (χ0v) is 16.7. The Hall–Kier alpha value is -2.04. The molecule has 0 heterocycles. The van der Waals surface area contributed by atoms with Crippen molar-refractivity contribution in [1.82, 2.24) is 0 Å². The third-order valence-corrected chi connectivity index (χ3v) is 5.81. The number of ether oxygens (including phenoxy) is 1. The molecular formula is C23H27NO2S. The summed E-state index contributed by atoms with van der Waals surface area (Å²) in [5.41, 5.74) is 7.75. The molecule has 27 heavy (non-hydrogen) atoms. The Bertz CT molecular complexity index is 872. The molecule has 0 spiro atoms. The predicted molar refractivity (Wildman–Crippen MR) is 116 cm³/mol. The van der Waals surface area contributed by atoms with Crippen LogP contribution in [0.4, 0.5) is 0 Å². The summed E-state index contributed by atoms with van der Waals surface area (Å²) in [4.78, 5) is 13.6. The molecule has 3 rings (SSSR count). The number of ketones is 1. The van der Waals surface area contributed by atoms with Gasteiger partial charge in [0.15, 0.2) is 5.78 Å². The van der Waals surface area contributed by atoms with E-state index in [1.165, 1.54) is 0 Å². The van der Waals surface area contributed by atoms with Crippen LogP contribution >= 0.6 is 12.2 Å². The molecule has 4 heteroatoms. The summed E-state index contributed by atoms with van der Waals surface area (Å²) in [6, 6.07) is 12.4. The van der Waals surface area contributed by atoms with Crippen molar-refractivity contribution in [1.29, 1.82) is 0 Å². The molecule has 0 aliphatic heterocycles. The van der Waals surface area contributed by atoms with E-state index in [4.69, 9.17) is 22.7 Å². The lowest BCUT2D eigenvalue weighted by molar-refractivity contribution is -0.114. The number of fused-ring (bicyclic) bond motifs is 1. The maximum Gasteiger partial charge on any atom is 0.155 e. The average molecular weight is 382 g/mol. The Kier molecular flexibility index (Phi) is 6.75. The Morgan fingerprint density at radius 2 is 1.93 bits per heavy atom. The molecular weight excluding hydrogens is 354 g/mol. The molecule has 1 atom stereocenters. The van der Waals surface area contributed by atoms with Gasteiger partial charge in [-0.05, 0) is 84.0 Å². The Morgan fingerprint density at radius 3 is 2.63 bits per heavy atom. The van der Waals surface area contributed by atoms with E-state index >= 15 is 0 Å². The first kappa shape index (κ1) is 19.7. The van der Waals surface area contributed by atoms with Gasteiger partial charge in [0.1, 0.15) is 5.75 Å².